The van der Waals surface area contributed by atoms with Gasteiger partial charge in [-0.05, 0) is 37.2 Å². The average molecular weight is 351 g/mol. The Morgan fingerprint density at radius 3 is 2.71 bits per heavy atom. The lowest BCUT2D eigenvalue weighted by Gasteiger charge is -2.23. The molecule has 0 radical (unpaired) electrons. The second kappa shape index (κ2) is 6.88. The van der Waals surface area contributed by atoms with E-state index in [0.29, 0.717) is 18.1 Å². The van der Waals surface area contributed by atoms with Crippen molar-refractivity contribution in [1.82, 2.24) is 24.4 Å². The van der Waals surface area contributed by atoms with Gasteiger partial charge in [0.1, 0.15) is 18.7 Å². The number of aryl methyl sites for hydroxylation is 1. The molecule has 8 nitrogen and oxygen atoms in total. The van der Waals surface area contributed by atoms with Crippen molar-refractivity contribution in [1.29, 1.82) is 0 Å². The van der Waals surface area contributed by atoms with Crippen molar-refractivity contribution in [3.63, 3.8) is 0 Å². The van der Waals surface area contributed by atoms with E-state index in [-0.39, 0.29) is 17.5 Å². The normalized spacial score (nSPS) is 18.2. The smallest absolute Gasteiger partial charge is 0.243 e. The fraction of sp³-hybridized carbons (Fsp3) is 0.467. The Morgan fingerprint density at radius 2 is 2.12 bits per heavy atom. The number of sulfonamides is 1. The highest BCUT2D eigenvalue weighted by Gasteiger charge is 2.29. The Bertz CT molecular complexity index is 782. The molecule has 0 amide bonds. The highest BCUT2D eigenvalue weighted by atomic mass is 32.2. The van der Waals surface area contributed by atoms with Crippen molar-refractivity contribution in [2.45, 2.75) is 24.0 Å². The molecule has 1 aliphatic rings. The summed E-state index contributed by atoms with van der Waals surface area (Å²) in [5.41, 5.74) is 0. The maximum Gasteiger partial charge on any atom is 0.243 e. The minimum Gasteiger partial charge on any atom is -0.486 e. The van der Waals surface area contributed by atoms with E-state index < -0.39 is 10.0 Å². The van der Waals surface area contributed by atoms with Crippen LogP contribution in [0.3, 0.4) is 0 Å². The topological polar surface area (TPSA) is 89.3 Å². The third-order valence-electron chi connectivity index (χ3n) is 4.22. The van der Waals surface area contributed by atoms with E-state index in [1.807, 2.05) is 0 Å². The summed E-state index contributed by atoms with van der Waals surface area (Å²) in [7, 11) is -0.0755. The Kier molecular flexibility index (Phi) is 4.83. The van der Waals surface area contributed by atoms with Crippen molar-refractivity contribution < 1.29 is 13.2 Å². The summed E-state index contributed by atoms with van der Waals surface area (Å²) in [6, 6.07) is 6.45. The molecule has 0 bridgehead atoms. The molecule has 9 heteroatoms. The lowest BCUT2D eigenvalue weighted by molar-refractivity contribution is 0.289. The standard InChI is InChI=1S/C15H21N5O3S/c1-19-15(17-11-18-19)10-23-13-3-5-14(6-4-13)24(21,22)20(2)12-7-8-16-9-12/h3-6,11-12,16H,7-10H2,1-2H3. The molecule has 0 aliphatic carbocycles. The number of rotatable bonds is 6. The van der Waals surface area contributed by atoms with Gasteiger partial charge in [-0.1, -0.05) is 0 Å². The van der Waals surface area contributed by atoms with Gasteiger partial charge in [0.2, 0.25) is 10.0 Å². The van der Waals surface area contributed by atoms with Crippen LogP contribution in [0.5, 0.6) is 5.75 Å². The number of benzene rings is 1. The van der Waals surface area contributed by atoms with E-state index in [2.05, 4.69) is 15.4 Å². The minimum atomic E-state index is -3.49. The van der Waals surface area contributed by atoms with E-state index in [1.54, 1.807) is 43.0 Å². The predicted octanol–water partition coefficient (Wildman–Crippen LogP) is 0.376. The van der Waals surface area contributed by atoms with Crippen molar-refractivity contribution in [2.24, 2.45) is 7.05 Å². The molecule has 1 saturated heterocycles. The molecule has 1 atom stereocenters. The van der Waals surface area contributed by atoms with Gasteiger partial charge in [0.25, 0.3) is 0 Å². The molecule has 0 spiro atoms. The second-order valence-electron chi connectivity index (χ2n) is 5.73. The molecule has 1 aliphatic heterocycles. The van der Waals surface area contributed by atoms with Crippen LogP contribution >= 0.6 is 0 Å². The van der Waals surface area contributed by atoms with Gasteiger partial charge in [-0.2, -0.15) is 9.40 Å². The molecular formula is C15H21N5O3S. The third kappa shape index (κ3) is 3.42. The van der Waals surface area contributed by atoms with Crippen LogP contribution < -0.4 is 10.1 Å². The van der Waals surface area contributed by atoms with Crippen LogP contribution in [-0.2, 0) is 23.7 Å². The Labute approximate surface area is 141 Å². The van der Waals surface area contributed by atoms with Gasteiger partial charge in [0.05, 0.1) is 4.90 Å². The summed E-state index contributed by atoms with van der Waals surface area (Å²) in [5, 5.41) is 7.15. The van der Waals surface area contributed by atoms with Gasteiger partial charge in [0.15, 0.2) is 5.82 Å². The maximum atomic E-state index is 12.7. The van der Waals surface area contributed by atoms with Crippen molar-refractivity contribution in [3.05, 3.63) is 36.4 Å². The molecule has 0 saturated carbocycles. The van der Waals surface area contributed by atoms with Crippen LogP contribution in [0.2, 0.25) is 0 Å². The lowest BCUT2D eigenvalue weighted by Crippen LogP contribution is -2.38. The first-order chi connectivity index (χ1) is 11.5. The number of likely N-dealkylation sites (N-methyl/N-ethyl adjacent to an activating group) is 1. The van der Waals surface area contributed by atoms with Crippen LogP contribution in [0.4, 0.5) is 0 Å². The monoisotopic (exact) mass is 351 g/mol. The predicted molar refractivity (Wildman–Crippen MR) is 88.0 cm³/mol. The van der Waals surface area contributed by atoms with Crippen LogP contribution in [0.1, 0.15) is 12.2 Å². The molecular weight excluding hydrogens is 330 g/mol. The van der Waals surface area contributed by atoms with Gasteiger partial charge in [0, 0.05) is 26.7 Å². The quantitative estimate of drug-likeness (QED) is 0.809. The van der Waals surface area contributed by atoms with Crippen LogP contribution in [-0.4, -0.2) is 53.7 Å². The lowest BCUT2D eigenvalue weighted by atomic mass is 10.3. The zero-order valence-electron chi connectivity index (χ0n) is 13.7. The van der Waals surface area contributed by atoms with Gasteiger partial charge < -0.3 is 10.1 Å². The largest absolute Gasteiger partial charge is 0.486 e. The van der Waals surface area contributed by atoms with Crippen LogP contribution in [0, 0.1) is 0 Å². The summed E-state index contributed by atoms with van der Waals surface area (Å²) < 4.78 is 34.0. The average Bonchev–Trinajstić information content (AvgIpc) is 3.24. The number of aromatic nitrogens is 3. The number of ether oxygens (including phenoxy) is 1. The molecule has 3 rings (SSSR count). The molecule has 1 unspecified atom stereocenters. The van der Waals surface area contributed by atoms with E-state index in [4.69, 9.17) is 4.74 Å². The minimum absolute atomic E-state index is 0.00171. The molecule has 2 aromatic rings. The Morgan fingerprint density at radius 1 is 1.38 bits per heavy atom. The highest BCUT2D eigenvalue weighted by Crippen LogP contribution is 2.22. The molecule has 1 fully saturated rings. The number of nitrogens with zero attached hydrogens (tertiary/aromatic N) is 4. The first kappa shape index (κ1) is 16.9. The summed E-state index contributed by atoms with van der Waals surface area (Å²) >= 11 is 0. The van der Waals surface area contributed by atoms with E-state index in [9.17, 15) is 8.42 Å². The Hall–Kier alpha value is -1.97. The third-order valence-corrected chi connectivity index (χ3v) is 6.15. The van der Waals surface area contributed by atoms with Crippen LogP contribution in [0.15, 0.2) is 35.5 Å². The summed E-state index contributed by atoms with van der Waals surface area (Å²) in [6.07, 6.45) is 2.29. The van der Waals surface area contributed by atoms with E-state index in [1.165, 1.54) is 10.6 Å². The fourth-order valence-corrected chi connectivity index (χ4v) is 4.00. The maximum absolute atomic E-state index is 12.7. The van der Waals surface area contributed by atoms with Crippen molar-refractivity contribution >= 4 is 10.0 Å². The number of hydrogen-bond acceptors (Lipinski definition) is 6. The molecule has 24 heavy (non-hydrogen) atoms. The van der Waals surface area contributed by atoms with Gasteiger partial charge >= 0.3 is 0 Å². The molecule has 130 valence electrons. The zero-order chi connectivity index (χ0) is 17.2. The molecule has 2 heterocycles. The molecule has 1 aromatic heterocycles. The van der Waals surface area contributed by atoms with Gasteiger partial charge in [-0.15, -0.1) is 0 Å². The second-order valence-corrected chi connectivity index (χ2v) is 7.73. The SMILES string of the molecule is CN(C1CCNC1)S(=O)(=O)c1ccc(OCc2ncnn2C)cc1. The molecule has 1 N–H and O–H groups in total. The van der Waals surface area contributed by atoms with E-state index >= 15 is 0 Å². The number of nitrogens with one attached hydrogen (secondary N) is 1. The zero-order valence-corrected chi connectivity index (χ0v) is 14.5. The van der Waals surface area contributed by atoms with Crippen molar-refractivity contribution in [2.75, 3.05) is 20.1 Å². The van der Waals surface area contributed by atoms with Gasteiger partial charge in [-0.25, -0.2) is 13.4 Å². The fourth-order valence-electron chi connectivity index (χ4n) is 2.62. The first-order valence-corrected chi connectivity index (χ1v) is 9.17. The Balaban J connectivity index is 1.68. The van der Waals surface area contributed by atoms with Crippen molar-refractivity contribution in [3.8, 4) is 5.75 Å². The summed E-state index contributed by atoms with van der Waals surface area (Å²) in [5.74, 6) is 1.28. The van der Waals surface area contributed by atoms with Gasteiger partial charge in [-0.3, -0.25) is 4.68 Å². The first-order valence-electron chi connectivity index (χ1n) is 7.73. The van der Waals surface area contributed by atoms with E-state index in [0.717, 1.165) is 13.0 Å². The summed E-state index contributed by atoms with van der Waals surface area (Å²) in [6.45, 7) is 1.81. The molecule has 1 aromatic carbocycles. The number of hydrogen-bond donors (Lipinski definition) is 1. The van der Waals surface area contributed by atoms with Crippen LogP contribution in [0.25, 0.3) is 0 Å². The summed E-state index contributed by atoms with van der Waals surface area (Å²) in [4.78, 5) is 4.34. The highest BCUT2D eigenvalue weighted by molar-refractivity contribution is 7.89.